The van der Waals surface area contributed by atoms with E-state index in [1.54, 1.807) is 30.3 Å². The van der Waals surface area contributed by atoms with Crippen LogP contribution in [0.15, 0.2) is 59.6 Å². The molecule has 1 saturated heterocycles. The minimum atomic E-state index is -5.22. The molecule has 0 spiro atoms. The van der Waals surface area contributed by atoms with Crippen LogP contribution in [-0.4, -0.2) is 63.9 Å². The number of carbonyl (C=O) groups excluding carboxylic acids is 4. The van der Waals surface area contributed by atoms with Crippen molar-refractivity contribution in [2.24, 2.45) is 4.99 Å². The molecule has 3 atom stereocenters. The molecule has 2 heterocycles. The minimum absolute atomic E-state index is 0.0115. The van der Waals surface area contributed by atoms with E-state index in [2.05, 4.69) is 10.3 Å². The number of nitrogens with zero attached hydrogens (tertiary/aromatic N) is 3. The molecule has 200 valence electrons. The predicted octanol–water partition coefficient (Wildman–Crippen LogP) is 2.93. The van der Waals surface area contributed by atoms with Crippen molar-refractivity contribution < 1.29 is 36.7 Å². The molecule has 1 N–H and O–H groups in total. The number of ketones is 1. The molecular weight excluding hydrogens is 508 g/mol. The number of rotatable bonds is 6. The Morgan fingerprint density at radius 2 is 1.76 bits per heavy atom. The number of nitrogens with one attached hydrogen (secondary N) is 1. The summed E-state index contributed by atoms with van der Waals surface area (Å²) in [4.78, 5) is 56.9. The average molecular weight is 532 g/mol. The van der Waals surface area contributed by atoms with Crippen LogP contribution in [0, 0.1) is 5.82 Å². The lowest BCUT2D eigenvalue weighted by atomic mass is 9.95. The number of aliphatic imine (C=N–C) groups is 1. The third-order valence-electron chi connectivity index (χ3n) is 6.54. The van der Waals surface area contributed by atoms with Gasteiger partial charge in [0.25, 0.3) is 17.6 Å². The first kappa shape index (κ1) is 27.0. The number of amidine groups is 1. The zero-order chi connectivity index (χ0) is 27.6. The molecule has 1 unspecified atom stereocenters. The summed E-state index contributed by atoms with van der Waals surface area (Å²) in [5.74, 6) is -5.97. The number of amides is 3. The van der Waals surface area contributed by atoms with E-state index < -0.39 is 53.6 Å². The fourth-order valence-electron chi connectivity index (χ4n) is 4.62. The molecule has 3 amide bonds. The summed E-state index contributed by atoms with van der Waals surface area (Å²) in [5.41, 5.74) is 0.937. The topological polar surface area (TPSA) is 99.2 Å². The molecule has 0 aliphatic carbocycles. The standard InChI is InChI=1S/C26H24F4N4O4/c1-15(17-6-3-2-4-7-17)34(25(38)26(28,29)30)19-8-5-13-33-22(19)32-20(21(35)24(33)37)23(36)31-14-16-9-11-18(27)12-10-16/h2-4,6-7,9-12,15,19-20H,5,8,13-14H2,1H3,(H,31,36)/t15-,19+,20?/m0/s1. The molecule has 2 aromatic rings. The first-order valence-electron chi connectivity index (χ1n) is 11.9. The first-order chi connectivity index (χ1) is 18.0. The fraction of sp³-hybridized carbons (Fsp3) is 0.346. The number of alkyl halides is 3. The van der Waals surface area contributed by atoms with Crippen molar-refractivity contribution in [2.45, 2.75) is 50.6 Å². The lowest BCUT2D eigenvalue weighted by Gasteiger charge is -2.44. The third kappa shape index (κ3) is 5.43. The molecule has 0 bridgehead atoms. The second-order valence-electron chi connectivity index (χ2n) is 9.01. The second kappa shape index (κ2) is 10.7. The Hall–Kier alpha value is -4.09. The monoisotopic (exact) mass is 532 g/mol. The quantitative estimate of drug-likeness (QED) is 0.351. The van der Waals surface area contributed by atoms with E-state index in [9.17, 15) is 36.7 Å². The normalized spacial score (nSPS) is 20.3. The summed E-state index contributed by atoms with van der Waals surface area (Å²) in [6.07, 6.45) is -4.96. The SMILES string of the molecule is C[C@@H](c1ccccc1)N(C(=O)C(F)(F)F)[C@@H]1CCCN2C(=O)C(=O)C(C(=O)NCc3ccc(F)cc3)N=C12. The van der Waals surface area contributed by atoms with Crippen LogP contribution in [0.5, 0.6) is 0 Å². The molecule has 0 radical (unpaired) electrons. The molecule has 1 fully saturated rings. The number of carbonyl (C=O) groups is 4. The Morgan fingerprint density at radius 3 is 2.39 bits per heavy atom. The zero-order valence-corrected chi connectivity index (χ0v) is 20.2. The lowest BCUT2D eigenvalue weighted by molar-refractivity contribution is -0.189. The van der Waals surface area contributed by atoms with Gasteiger partial charge in [0.2, 0.25) is 0 Å². The number of hydrogen-bond donors (Lipinski definition) is 1. The van der Waals surface area contributed by atoms with Gasteiger partial charge in [0, 0.05) is 13.1 Å². The van der Waals surface area contributed by atoms with Gasteiger partial charge in [-0.2, -0.15) is 13.2 Å². The maximum atomic E-state index is 13.7. The van der Waals surface area contributed by atoms with Gasteiger partial charge in [0.1, 0.15) is 11.7 Å². The van der Waals surface area contributed by atoms with Crippen LogP contribution in [0.3, 0.4) is 0 Å². The van der Waals surface area contributed by atoms with E-state index in [4.69, 9.17) is 0 Å². The highest BCUT2D eigenvalue weighted by atomic mass is 19.4. The summed E-state index contributed by atoms with van der Waals surface area (Å²) < 4.78 is 54.3. The smallest absolute Gasteiger partial charge is 0.350 e. The van der Waals surface area contributed by atoms with E-state index in [0.29, 0.717) is 16.0 Å². The molecule has 2 aliphatic heterocycles. The van der Waals surface area contributed by atoms with Crippen LogP contribution in [0.4, 0.5) is 17.6 Å². The maximum Gasteiger partial charge on any atom is 0.471 e. The Kier molecular flexibility index (Phi) is 7.61. The minimum Gasteiger partial charge on any atom is -0.350 e. The van der Waals surface area contributed by atoms with Crippen molar-refractivity contribution in [3.8, 4) is 0 Å². The number of hydrogen-bond acceptors (Lipinski definition) is 5. The van der Waals surface area contributed by atoms with E-state index in [-0.39, 0.29) is 31.8 Å². The van der Waals surface area contributed by atoms with Crippen LogP contribution >= 0.6 is 0 Å². The van der Waals surface area contributed by atoms with Crippen molar-refractivity contribution in [2.75, 3.05) is 6.54 Å². The second-order valence-corrected chi connectivity index (χ2v) is 9.01. The van der Waals surface area contributed by atoms with Crippen LogP contribution in [0.1, 0.15) is 36.9 Å². The van der Waals surface area contributed by atoms with Gasteiger partial charge in [-0.25, -0.2) is 9.38 Å². The van der Waals surface area contributed by atoms with E-state index in [1.165, 1.54) is 31.2 Å². The number of Topliss-reactive ketones (excluding diaryl/α,β-unsaturated/α-hetero) is 1. The van der Waals surface area contributed by atoms with Crippen molar-refractivity contribution in [1.29, 1.82) is 0 Å². The zero-order valence-electron chi connectivity index (χ0n) is 20.2. The van der Waals surface area contributed by atoms with Gasteiger partial charge in [-0.3, -0.25) is 24.1 Å². The van der Waals surface area contributed by atoms with Crippen LogP contribution in [0.25, 0.3) is 0 Å². The van der Waals surface area contributed by atoms with E-state index >= 15 is 0 Å². The molecule has 38 heavy (non-hydrogen) atoms. The maximum absolute atomic E-state index is 13.7. The predicted molar refractivity (Wildman–Crippen MR) is 127 cm³/mol. The van der Waals surface area contributed by atoms with Gasteiger partial charge in [-0.15, -0.1) is 0 Å². The Bertz CT molecular complexity index is 1260. The molecule has 2 aliphatic rings. The molecule has 2 aromatic carbocycles. The van der Waals surface area contributed by atoms with Gasteiger partial charge in [0.15, 0.2) is 6.04 Å². The summed E-state index contributed by atoms with van der Waals surface area (Å²) in [7, 11) is 0. The molecule has 8 nitrogen and oxygen atoms in total. The van der Waals surface area contributed by atoms with Crippen molar-refractivity contribution in [1.82, 2.24) is 15.1 Å². The van der Waals surface area contributed by atoms with E-state index in [1.807, 2.05) is 0 Å². The number of benzene rings is 2. The number of halogens is 4. The molecule has 0 aromatic heterocycles. The Balaban J connectivity index is 1.68. The molecular formula is C26H24F4N4O4. The van der Waals surface area contributed by atoms with Gasteiger partial charge < -0.3 is 10.2 Å². The largest absolute Gasteiger partial charge is 0.471 e. The highest BCUT2D eigenvalue weighted by Gasteiger charge is 2.51. The van der Waals surface area contributed by atoms with Crippen LogP contribution < -0.4 is 5.32 Å². The molecule has 4 rings (SSSR count). The number of piperidine rings is 1. The molecule has 12 heteroatoms. The van der Waals surface area contributed by atoms with Gasteiger partial charge in [-0.1, -0.05) is 42.5 Å². The van der Waals surface area contributed by atoms with Crippen LogP contribution in [-0.2, 0) is 25.7 Å². The summed E-state index contributed by atoms with van der Waals surface area (Å²) >= 11 is 0. The summed E-state index contributed by atoms with van der Waals surface area (Å²) in [6, 6.07) is 9.07. The third-order valence-corrected chi connectivity index (χ3v) is 6.54. The lowest BCUT2D eigenvalue weighted by Crippen LogP contribution is -2.63. The highest BCUT2D eigenvalue weighted by molar-refractivity contribution is 6.46. The molecule has 0 saturated carbocycles. The van der Waals surface area contributed by atoms with Gasteiger partial charge in [-0.05, 0) is 43.0 Å². The van der Waals surface area contributed by atoms with Crippen molar-refractivity contribution in [3.63, 3.8) is 0 Å². The Morgan fingerprint density at radius 1 is 1.11 bits per heavy atom. The van der Waals surface area contributed by atoms with Crippen LogP contribution in [0.2, 0.25) is 0 Å². The van der Waals surface area contributed by atoms with Gasteiger partial charge >= 0.3 is 12.1 Å². The Labute approximate surface area is 215 Å². The highest BCUT2D eigenvalue weighted by Crippen LogP contribution is 2.34. The fourth-order valence-corrected chi connectivity index (χ4v) is 4.62. The van der Waals surface area contributed by atoms with Crippen molar-refractivity contribution in [3.05, 3.63) is 71.5 Å². The summed E-state index contributed by atoms with van der Waals surface area (Å²) in [6.45, 7) is 1.34. The summed E-state index contributed by atoms with van der Waals surface area (Å²) in [5, 5.41) is 2.45. The average Bonchev–Trinajstić information content (AvgIpc) is 2.90. The van der Waals surface area contributed by atoms with Crippen molar-refractivity contribution >= 4 is 29.3 Å². The number of fused-ring (bicyclic) bond motifs is 1. The van der Waals surface area contributed by atoms with Gasteiger partial charge in [0.05, 0.1) is 12.1 Å². The first-order valence-corrected chi connectivity index (χ1v) is 11.9. The van der Waals surface area contributed by atoms with E-state index in [0.717, 1.165) is 4.90 Å².